The lowest BCUT2D eigenvalue weighted by Crippen LogP contribution is -2.26. The van der Waals surface area contributed by atoms with Gasteiger partial charge in [0.25, 0.3) is 0 Å². The Labute approximate surface area is 181 Å². The molecule has 0 aromatic heterocycles. The molecule has 1 aliphatic rings. The molecule has 3 aromatic rings. The van der Waals surface area contributed by atoms with Crippen LogP contribution in [-0.4, -0.2) is 32.6 Å². The van der Waals surface area contributed by atoms with Crippen molar-refractivity contribution in [2.24, 2.45) is 0 Å². The van der Waals surface area contributed by atoms with E-state index in [0.29, 0.717) is 16.9 Å². The van der Waals surface area contributed by atoms with Crippen LogP contribution in [-0.2, 0) is 4.74 Å². The summed E-state index contributed by atoms with van der Waals surface area (Å²) >= 11 is 0. The largest absolute Gasteiger partial charge is 0.497 e. The molecule has 154 valence electrons. The van der Waals surface area contributed by atoms with Crippen LogP contribution in [0.5, 0.6) is 5.75 Å². The predicted molar refractivity (Wildman–Crippen MR) is 118 cm³/mol. The van der Waals surface area contributed by atoms with Gasteiger partial charge in [0.15, 0.2) is 6.29 Å². The maximum Gasteiger partial charge on any atom is 0.407 e. The van der Waals surface area contributed by atoms with Gasteiger partial charge in [-0.2, -0.15) is 0 Å². The van der Waals surface area contributed by atoms with Crippen LogP contribution in [0.25, 0.3) is 11.1 Å². The number of carbonyl (C=O) groups excluding carboxylic acids is 2. The van der Waals surface area contributed by atoms with Crippen molar-refractivity contribution in [1.29, 1.82) is 0 Å². The normalized spacial score (nSPS) is 11.5. The van der Waals surface area contributed by atoms with Gasteiger partial charge in [-0.05, 0) is 40.5 Å². The molecule has 0 spiro atoms. The summed E-state index contributed by atoms with van der Waals surface area (Å²) in [7, 11) is 1.54. The molecule has 0 heterocycles. The van der Waals surface area contributed by atoms with Gasteiger partial charge in [-0.25, -0.2) is 4.79 Å². The second-order valence-corrected chi connectivity index (χ2v) is 7.05. The Balaban J connectivity index is 1.35. The lowest BCUT2D eigenvalue weighted by atomic mass is 9.98. The number of ether oxygens (including phenoxy) is 2. The van der Waals surface area contributed by atoms with Gasteiger partial charge in [-0.3, -0.25) is 4.79 Å². The zero-order valence-electron chi connectivity index (χ0n) is 17.1. The molecule has 5 nitrogen and oxygen atoms in total. The molecule has 0 fully saturated rings. The summed E-state index contributed by atoms with van der Waals surface area (Å²) in [5.74, 6) is 6.33. The van der Waals surface area contributed by atoms with Gasteiger partial charge in [-0.15, -0.1) is 0 Å². The number of benzene rings is 3. The van der Waals surface area contributed by atoms with E-state index in [-0.39, 0.29) is 19.1 Å². The third-order valence-electron chi connectivity index (χ3n) is 5.27. The van der Waals surface area contributed by atoms with Gasteiger partial charge < -0.3 is 14.8 Å². The van der Waals surface area contributed by atoms with Crippen molar-refractivity contribution in [2.45, 2.75) is 5.92 Å². The number of nitrogens with one attached hydrogen (secondary N) is 1. The highest BCUT2D eigenvalue weighted by molar-refractivity contribution is 5.80. The summed E-state index contributed by atoms with van der Waals surface area (Å²) in [5.41, 5.74) is 5.71. The lowest BCUT2D eigenvalue weighted by Gasteiger charge is -2.14. The van der Waals surface area contributed by atoms with Crippen LogP contribution < -0.4 is 10.1 Å². The fraction of sp³-hybridized carbons (Fsp3) is 0.154. The minimum atomic E-state index is -0.526. The highest BCUT2D eigenvalue weighted by atomic mass is 16.5. The van der Waals surface area contributed by atoms with E-state index in [4.69, 9.17) is 9.47 Å². The smallest absolute Gasteiger partial charge is 0.407 e. The second-order valence-electron chi connectivity index (χ2n) is 7.05. The van der Waals surface area contributed by atoms with Crippen molar-refractivity contribution < 1.29 is 19.1 Å². The van der Waals surface area contributed by atoms with E-state index in [0.717, 1.165) is 17.4 Å². The molecule has 0 saturated heterocycles. The van der Waals surface area contributed by atoms with Crippen LogP contribution in [0.15, 0.2) is 66.7 Å². The minimum Gasteiger partial charge on any atom is -0.497 e. The molecule has 1 aliphatic carbocycles. The molecule has 5 heteroatoms. The quantitative estimate of drug-likeness (QED) is 0.499. The first-order chi connectivity index (χ1) is 15.2. The molecule has 0 saturated carbocycles. The zero-order valence-corrected chi connectivity index (χ0v) is 17.1. The van der Waals surface area contributed by atoms with E-state index in [1.54, 1.807) is 18.2 Å². The van der Waals surface area contributed by atoms with Gasteiger partial charge >= 0.3 is 6.09 Å². The number of aldehydes is 1. The topological polar surface area (TPSA) is 64.6 Å². The molecule has 0 bridgehead atoms. The molecule has 0 aliphatic heterocycles. The first kappa shape index (κ1) is 20.2. The average molecular weight is 411 g/mol. The fourth-order valence-electron chi connectivity index (χ4n) is 3.78. The first-order valence-electron chi connectivity index (χ1n) is 9.92. The highest BCUT2D eigenvalue weighted by Gasteiger charge is 2.28. The third-order valence-corrected chi connectivity index (χ3v) is 5.27. The third kappa shape index (κ3) is 4.29. The Kier molecular flexibility index (Phi) is 6.00. The number of amides is 1. The van der Waals surface area contributed by atoms with Crippen LogP contribution >= 0.6 is 0 Å². The molecule has 1 amide bonds. The second kappa shape index (κ2) is 9.19. The Morgan fingerprint density at radius 2 is 1.71 bits per heavy atom. The molecular weight excluding hydrogens is 390 g/mol. The summed E-state index contributed by atoms with van der Waals surface area (Å²) in [6.45, 7) is 0.363. The van der Waals surface area contributed by atoms with Crippen molar-refractivity contribution in [2.75, 3.05) is 20.3 Å². The lowest BCUT2D eigenvalue weighted by molar-refractivity contribution is 0.112. The number of fused-ring (bicyclic) bond motifs is 3. The standard InChI is InChI=1S/C26H21NO4/c1-30-20-13-12-18(19(15-20)16-28)7-6-14-27-26(29)31-17-25-23-10-4-2-8-21(23)22-9-3-5-11-24(22)25/h2-5,8-13,15-16,25H,14,17H2,1H3,(H,27,29). The number of carbonyl (C=O) groups is 2. The zero-order chi connectivity index (χ0) is 21.6. The van der Waals surface area contributed by atoms with E-state index >= 15 is 0 Å². The molecule has 4 rings (SSSR count). The van der Waals surface area contributed by atoms with Gasteiger partial charge in [0.1, 0.15) is 12.4 Å². The molecule has 0 atom stereocenters. The number of hydrogen-bond donors (Lipinski definition) is 1. The van der Waals surface area contributed by atoms with E-state index in [9.17, 15) is 9.59 Å². The van der Waals surface area contributed by atoms with Crippen molar-refractivity contribution in [3.05, 3.63) is 89.0 Å². The van der Waals surface area contributed by atoms with E-state index in [1.807, 2.05) is 24.3 Å². The highest BCUT2D eigenvalue weighted by Crippen LogP contribution is 2.44. The first-order valence-corrected chi connectivity index (χ1v) is 9.92. The summed E-state index contributed by atoms with van der Waals surface area (Å²) in [4.78, 5) is 23.4. The Morgan fingerprint density at radius 3 is 2.35 bits per heavy atom. The fourth-order valence-corrected chi connectivity index (χ4v) is 3.78. The Bertz CT molecular complexity index is 1140. The molecule has 0 unspecified atom stereocenters. The van der Waals surface area contributed by atoms with Crippen LogP contribution in [0.4, 0.5) is 4.79 Å². The van der Waals surface area contributed by atoms with Crippen LogP contribution in [0.2, 0.25) is 0 Å². The van der Waals surface area contributed by atoms with Gasteiger partial charge in [0.2, 0.25) is 0 Å². The van der Waals surface area contributed by atoms with Crippen molar-refractivity contribution in [3.63, 3.8) is 0 Å². The van der Waals surface area contributed by atoms with Crippen LogP contribution in [0.1, 0.15) is 33.0 Å². The Hall–Kier alpha value is -4.04. The van der Waals surface area contributed by atoms with Crippen molar-refractivity contribution >= 4 is 12.4 Å². The molecule has 3 aromatic carbocycles. The van der Waals surface area contributed by atoms with Crippen LogP contribution in [0, 0.1) is 11.8 Å². The maximum atomic E-state index is 12.2. The SMILES string of the molecule is COc1ccc(C#CCNC(=O)OCC2c3ccccc3-c3ccccc32)c(C=O)c1. The number of methoxy groups -OCH3 is 1. The minimum absolute atomic E-state index is 0.0127. The van der Waals surface area contributed by atoms with Crippen molar-refractivity contribution in [1.82, 2.24) is 5.32 Å². The Morgan fingerprint density at radius 1 is 1.03 bits per heavy atom. The summed E-state index contributed by atoms with van der Waals surface area (Å²) in [6, 6.07) is 21.4. The predicted octanol–water partition coefficient (Wildman–Crippen LogP) is 4.40. The molecular formula is C26H21NO4. The number of hydrogen-bond acceptors (Lipinski definition) is 4. The van der Waals surface area contributed by atoms with Gasteiger partial charge in [-0.1, -0.05) is 60.4 Å². The monoisotopic (exact) mass is 411 g/mol. The molecule has 1 N–H and O–H groups in total. The maximum absolute atomic E-state index is 12.2. The summed E-state index contributed by atoms with van der Waals surface area (Å²) in [6.07, 6.45) is 0.201. The molecule has 0 radical (unpaired) electrons. The van der Waals surface area contributed by atoms with Crippen LogP contribution in [0.3, 0.4) is 0 Å². The number of alkyl carbamates (subject to hydrolysis) is 1. The van der Waals surface area contributed by atoms with Gasteiger partial charge in [0, 0.05) is 17.0 Å². The van der Waals surface area contributed by atoms with Crippen molar-refractivity contribution in [3.8, 4) is 28.7 Å². The van der Waals surface area contributed by atoms with Gasteiger partial charge in [0.05, 0.1) is 13.7 Å². The van der Waals surface area contributed by atoms with E-state index in [2.05, 4.69) is 41.4 Å². The van der Waals surface area contributed by atoms with E-state index in [1.165, 1.54) is 18.2 Å². The molecule has 31 heavy (non-hydrogen) atoms. The summed E-state index contributed by atoms with van der Waals surface area (Å²) in [5, 5.41) is 2.64. The average Bonchev–Trinajstić information content (AvgIpc) is 3.14. The van der Waals surface area contributed by atoms with E-state index < -0.39 is 6.09 Å². The number of rotatable bonds is 5. The summed E-state index contributed by atoms with van der Waals surface area (Å²) < 4.78 is 10.6.